The molecule has 1 aromatic heterocycles. The standard InChI is InChI=1S/C12H17N3O3/c1-3-9(7-16)14-11(17)12(18)15-10-8(2)5-4-6-13-10/h4-6,9,16H,3,7H2,1-2H3,(H,14,17)(H,13,15,18). The fourth-order valence-electron chi connectivity index (χ4n) is 1.31. The molecule has 1 rings (SSSR count). The zero-order valence-corrected chi connectivity index (χ0v) is 10.4. The highest BCUT2D eigenvalue weighted by Crippen LogP contribution is 2.08. The molecule has 0 saturated heterocycles. The fraction of sp³-hybridized carbons (Fsp3) is 0.417. The Morgan fingerprint density at radius 3 is 2.72 bits per heavy atom. The summed E-state index contributed by atoms with van der Waals surface area (Å²) >= 11 is 0. The molecule has 98 valence electrons. The second-order valence-electron chi connectivity index (χ2n) is 3.88. The third-order valence-corrected chi connectivity index (χ3v) is 2.50. The van der Waals surface area contributed by atoms with Crippen LogP contribution in [0.4, 0.5) is 5.82 Å². The highest BCUT2D eigenvalue weighted by molar-refractivity contribution is 6.39. The predicted octanol–water partition coefficient (Wildman–Crippen LogP) is 0.216. The number of hydrogen-bond donors (Lipinski definition) is 3. The van der Waals surface area contributed by atoms with Crippen LogP contribution in [0.1, 0.15) is 18.9 Å². The summed E-state index contributed by atoms with van der Waals surface area (Å²) in [6.45, 7) is 3.39. The number of hydrogen-bond acceptors (Lipinski definition) is 4. The van der Waals surface area contributed by atoms with Crippen molar-refractivity contribution in [1.29, 1.82) is 0 Å². The van der Waals surface area contributed by atoms with Crippen molar-refractivity contribution in [3.05, 3.63) is 23.9 Å². The van der Waals surface area contributed by atoms with Gasteiger partial charge in [-0.1, -0.05) is 13.0 Å². The molecule has 0 aliphatic rings. The van der Waals surface area contributed by atoms with E-state index in [0.717, 1.165) is 5.56 Å². The molecular weight excluding hydrogens is 234 g/mol. The average Bonchev–Trinajstić information content (AvgIpc) is 2.38. The SMILES string of the molecule is CCC(CO)NC(=O)C(=O)Nc1ncccc1C. The highest BCUT2D eigenvalue weighted by Gasteiger charge is 2.18. The van der Waals surface area contributed by atoms with Gasteiger partial charge in [-0.2, -0.15) is 0 Å². The lowest BCUT2D eigenvalue weighted by molar-refractivity contribution is -0.136. The van der Waals surface area contributed by atoms with Gasteiger partial charge in [0.05, 0.1) is 12.6 Å². The number of carbonyl (C=O) groups excluding carboxylic acids is 2. The van der Waals surface area contributed by atoms with Gasteiger partial charge in [-0.3, -0.25) is 9.59 Å². The van der Waals surface area contributed by atoms with Gasteiger partial charge in [-0.05, 0) is 25.0 Å². The molecule has 0 fully saturated rings. The molecule has 6 heteroatoms. The Balaban J connectivity index is 2.61. The van der Waals surface area contributed by atoms with E-state index in [1.807, 2.05) is 6.92 Å². The first-order valence-corrected chi connectivity index (χ1v) is 5.72. The fourth-order valence-corrected chi connectivity index (χ4v) is 1.31. The van der Waals surface area contributed by atoms with Gasteiger partial charge in [0.15, 0.2) is 0 Å². The molecule has 2 amide bonds. The van der Waals surface area contributed by atoms with E-state index < -0.39 is 17.9 Å². The van der Waals surface area contributed by atoms with Crippen LogP contribution in [-0.2, 0) is 9.59 Å². The second-order valence-corrected chi connectivity index (χ2v) is 3.88. The largest absolute Gasteiger partial charge is 0.394 e. The minimum atomic E-state index is -0.788. The summed E-state index contributed by atoms with van der Waals surface area (Å²) in [7, 11) is 0. The third-order valence-electron chi connectivity index (χ3n) is 2.50. The minimum Gasteiger partial charge on any atom is -0.394 e. The summed E-state index contributed by atoms with van der Waals surface area (Å²) in [5.74, 6) is -1.21. The van der Waals surface area contributed by atoms with Crippen molar-refractivity contribution in [3.63, 3.8) is 0 Å². The Labute approximate surface area is 105 Å². The van der Waals surface area contributed by atoms with Crippen molar-refractivity contribution in [2.75, 3.05) is 11.9 Å². The average molecular weight is 251 g/mol. The summed E-state index contributed by atoms with van der Waals surface area (Å²) in [5.41, 5.74) is 0.771. The Hall–Kier alpha value is -1.95. The molecule has 6 nitrogen and oxygen atoms in total. The van der Waals surface area contributed by atoms with Crippen LogP contribution in [0, 0.1) is 6.92 Å². The van der Waals surface area contributed by atoms with Gasteiger partial charge in [0.2, 0.25) is 0 Å². The summed E-state index contributed by atoms with van der Waals surface area (Å²) in [6, 6.07) is 3.11. The molecule has 0 spiro atoms. The quantitative estimate of drug-likeness (QED) is 0.667. The molecular formula is C12H17N3O3. The monoisotopic (exact) mass is 251 g/mol. The maximum atomic E-state index is 11.6. The van der Waals surface area contributed by atoms with Crippen LogP contribution in [-0.4, -0.2) is 34.6 Å². The van der Waals surface area contributed by atoms with Crippen molar-refractivity contribution < 1.29 is 14.7 Å². The van der Waals surface area contributed by atoms with Gasteiger partial charge < -0.3 is 15.7 Å². The zero-order chi connectivity index (χ0) is 13.5. The van der Waals surface area contributed by atoms with Gasteiger partial charge >= 0.3 is 11.8 Å². The van der Waals surface area contributed by atoms with Crippen molar-refractivity contribution >= 4 is 17.6 Å². The van der Waals surface area contributed by atoms with Gasteiger partial charge in [0.1, 0.15) is 5.82 Å². The molecule has 1 unspecified atom stereocenters. The molecule has 0 bridgehead atoms. The molecule has 3 N–H and O–H groups in total. The van der Waals surface area contributed by atoms with Crippen molar-refractivity contribution in [1.82, 2.24) is 10.3 Å². The van der Waals surface area contributed by atoms with E-state index in [1.165, 1.54) is 6.20 Å². The molecule has 0 aliphatic carbocycles. The topological polar surface area (TPSA) is 91.3 Å². The number of aliphatic hydroxyl groups is 1. The number of aliphatic hydroxyl groups excluding tert-OH is 1. The molecule has 1 aromatic rings. The number of amides is 2. The first kappa shape index (κ1) is 14.1. The molecule has 0 saturated carbocycles. The number of nitrogens with zero attached hydrogens (tertiary/aromatic N) is 1. The lowest BCUT2D eigenvalue weighted by Crippen LogP contribution is -2.43. The first-order valence-electron chi connectivity index (χ1n) is 5.72. The summed E-state index contributed by atoms with van der Waals surface area (Å²) in [4.78, 5) is 27.1. The van der Waals surface area contributed by atoms with Crippen LogP contribution < -0.4 is 10.6 Å². The summed E-state index contributed by atoms with van der Waals surface area (Å²) in [6.07, 6.45) is 2.08. The van der Waals surface area contributed by atoms with Crippen molar-refractivity contribution in [2.45, 2.75) is 26.3 Å². The second kappa shape index (κ2) is 6.70. The summed E-state index contributed by atoms with van der Waals surface area (Å²) < 4.78 is 0. The number of pyridine rings is 1. The van der Waals surface area contributed by atoms with Crippen LogP contribution in [0.3, 0.4) is 0 Å². The highest BCUT2D eigenvalue weighted by atomic mass is 16.3. The van der Waals surface area contributed by atoms with E-state index in [4.69, 9.17) is 5.11 Å². The Kier molecular flexibility index (Phi) is 5.26. The molecule has 0 radical (unpaired) electrons. The van der Waals surface area contributed by atoms with Crippen LogP contribution >= 0.6 is 0 Å². The van der Waals surface area contributed by atoms with Gasteiger partial charge in [-0.15, -0.1) is 0 Å². The molecule has 18 heavy (non-hydrogen) atoms. The maximum Gasteiger partial charge on any atom is 0.314 e. The molecule has 1 heterocycles. The van der Waals surface area contributed by atoms with Crippen LogP contribution in [0.25, 0.3) is 0 Å². The molecule has 0 aliphatic heterocycles. The van der Waals surface area contributed by atoms with Crippen molar-refractivity contribution in [3.8, 4) is 0 Å². The van der Waals surface area contributed by atoms with E-state index in [9.17, 15) is 9.59 Å². The van der Waals surface area contributed by atoms with Crippen LogP contribution in [0.5, 0.6) is 0 Å². The lowest BCUT2D eigenvalue weighted by Gasteiger charge is -2.13. The number of nitrogens with one attached hydrogen (secondary N) is 2. The van der Waals surface area contributed by atoms with E-state index in [2.05, 4.69) is 15.6 Å². The van der Waals surface area contributed by atoms with Crippen LogP contribution in [0.15, 0.2) is 18.3 Å². The van der Waals surface area contributed by atoms with Gasteiger partial charge in [-0.25, -0.2) is 4.98 Å². The normalized spacial score (nSPS) is 11.7. The summed E-state index contributed by atoms with van der Waals surface area (Å²) in [5, 5.41) is 13.8. The van der Waals surface area contributed by atoms with E-state index in [0.29, 0.717) is 12.2 Å². The predicted molar refractivity (Wildman–Crippen MR) is 66.9 cm³/mol. The van der Waals surface area contributed by atoms with E-state index >= 15 is 0 Å². The third kappa shape index (κ3) is 3.81. The number of rotatable bonds is 4. The number of carbonyl (C=O) groups is 2. The molecule has 1 atom stereocenters. The van der Waals surface area contributed by atoms with Crippen LogP contribution in [0.2, 0.25) is 0 Å². The van der Waals surface area contributed by atoms with Gasteiger partial charge in [0.25, 0.3) is 0 Å². The van der Waals surface area contributed by atoms with Gasteiger partial charge in [0, 0.05) is 6.20 Å². The Morgan fingerprint density at radius 1 is 1.44 bits per heavy atom. The Morgan fingerprint density at radius 2 is 2.17 bits per heavy atom. The number of aryl methyl sites for hydroxylation is 1. The van der Waals surface area contributed by atoms with Crippen molar-refractivity contribution in [2.24, 2.45) is 0 Å². The first-order chi connectivity index (χ1) is 8.58. The lowest BCUT2D eigenvalue weighted by atomic mass is 10.2. The van der Waals surface area contributed by atoms with E-state index in [-0.39, 0.29) is 6.61 Å². The number of aromatic nitrogens is 1. The van der Waals surface area contributed by atoms with E-state index in [1.54, 1.807) is 19.1 Å². The zero-order valence-electron chi connectivity index (χ0n) is 10.4. The minimum absolute atomic E-state index is 0.196. The Bertz CT molecular complexity index is 430. The smallest absolute Gasteiger partial charge is 0.314 e. The maximum absolute atomic E-state index is 11.6. The molecule has 0 aromatic carbocycles. The number of anilines is 1.